The molecule has 1 aromatic rings. The second kappa shape index (κ2) is 3.71. The van der Waals surface area contributed by atoms with E-state index >= 15 is 0 Å². The molecule has 0 aromatic heterocycles. The van der Waals surface area contributed by atoms with Crippen molar-refractivity contribution in [3.63, 3.8) is 0 Å². The highest BCUT2D eigenvalue weighted by Gasteiger charge is 2.27. The van der Waals surface area contributed by atoms with Crippen molar-refractivity contribution in [1.82, 2.24) is 0 Å². The molecule has 0 saturated carbocycles. The highest BCUT2D eigenvalue weighted by Crippen LogP contribution is 2.36. The van der Waals surface area contributed by atoms with Crippen molar-refractivity contribution in [3.05, 3.63) is 22.7 Å². The highest BCUT2D eigenvalue weighted by atomic mass is 79.9. The van der Waals surface area contributed by atoms with E-state index in [4.69, 9.17) is 0 Å². The first-order valence-corrected chi connectivity index (χ1v) is 6.44. The monoisotopic (exact) mass is 266 g/mol. The summed E-state index contributed by atoms with van der Waals surface area (Å²) >= 11 is 3.52. The van der Waals surface area contributed by atoms with Gasteiger partial charge in [-0.15, -0.1) is 0 Å². The minimum atomic E-state index is 0.715. The maximum atomic E-state index is 3.53. The predicted molar refractivity (Wildman–Crippen MR) is 67.6 cm³/mol. The van der Waals surface area contributed by atoms with Crippen LogP contribution in [0.15, 0.2) is 22.7 Å². The standard InChI is InChI=1S/C12H15BrN2/c13-9-4-5-12-11(7-9)14-8-10-3-1-2-6-15(10)12/h4-5,7,10,14H,1-3,6,8H2. The van der Waals surface area contributed by atoms with Gasteiger partial charge in [-0.3, -0.25) is 0 Å². The van der Waals surface area contributed by atoms with Crippen LogP contribution in [0.5, 0.6) is 0 Å². The zero-order chi connectivity index (χ0) is 10.3. The smallest absolute Gasteiger partial charge is 0.0605 e. The van der Waals surface area contributed by atoms with Crippen LogP contribution in [-0.4, -0.2) is 19.1 Å². The Labute approximate surface area is 98.8 Å². The lowest BCUT2D eigenvalue weighted by atomic mass is 9.98. The fraction of sp³-hybridized carbons (Fsp3) is 0.500. The molecule has 3 heteroatoms. The number of nitrogens with zero attached hydrogens (tertiary/aromatic N) is 1. The Kier molecular flexibility index (Phi) is 2.35. The lowest BCUT2D eigenvalue weighted by Crippen LogP contribution is -2.46. The van der Waals surface area contributed by atoms with Gasteiger partial charge in [-0.2, -0.15) is 0 Å². The second-order valence-corrected chi connectivity index (χ2v) is 5.30. The van der Waals surface area contributed by atoms with Crippen molar-refractivity contribution in [2.75, 3.05) is 23.3 Å². The third-order valence-electron chi connectivity index (χ3n) is 3.42. The fourth-order valence-electron chi connectivity index (χ4n) is 2.66. The number of hydrogen-bond donors (Lipinski definition) is 1. The van der Waals surface area contributed by atoms with E-state index in [1.807, 2.05) is 0 Å². The van der Waals surface area contributed by atoms with Gasteiger partial charge in [0, 0.05) is 23.6 Å². The molecule has 0 radical (unpaired) electrons. The molecule has 1 atom stereocenters. The van der Waals surface area contributed by atoms with Crippen LogP contribution >= 0.6 is 15.9 Å². The largest absolute Gasteiger partial charge is 0.381 e. The van der Waals surface area contributed by atoms with Gasteiger partial charge in [0.1, 0.15) is 0 Å². The summed E-state index contributed by atoms with van der Waals surface area (Å²) in [4.78, 5) is 2.57. The zero-order valence-corrected chi connectivity index (χ0v) is 10.3. The Balaban J connectivity index is 1.99. The summed E-state index contributed by atoms with van der Waals surface area (Å²) < 4.78 is 1.16. The normalized spacial score (nSPS) is 24.1. The molecular formula is C12H15BrN2. The van der Waals surface area contributed by atoms with E-state index in [1.54, 1.807) is 0 Å². The Hall–Kier alpha value is -0.700. The van der Waals surface area contributed by atoms with Crippen LogP contribution in [0.25, 0.3) is 0 Å². The maximum Gasteiger partial charge on any atom is 0.0605 e. The minimum Gasteiger partial charge on any atom is -0.381 e. The van der Waals surface area contributed by atoms with Crippen LogP contribution in [0.4, 0.5) is 11.4 Å². The first-order chi connectivity index (χ1) is 7.34. The van der Waals surface area contributed by atoms with Crippen LogP contribution < -0.4 is 10.2 Å². The third kappa shape index (κ3) is 1.63. The third-order valence-corrected chi connectivity index (χ3v) is 3.92. The van der Waals surface area contributed by atoms with E-state index < -0.39 is 0 Å². The van der Waals surface area contributed by atoms with Gasteiger partial charge in [-0.1, -0.05) is 15.9 Å². The lowest BCUT2D eigenvalue weighted by molar-refractivity contribution is 0.466. The number of benzene rings is 1. The Bertz CT molecular complexity index is 378. The Morgan fingerprint density at radius 3 is 3.20 bits per heavy atom. The number of anilines is 2. The quantitative estimate of drug-likeness (QED) is 0.776. The molecule has 2 nitrogen and oxygen atoms in total. The molecule has 2 aliphatic heterocycles. The van der Waals surface area contributed by atoms with E-state index in [0.29, 0.717) is 6.04 Å². The molecule has 2 heterocycles. The molecule has 0 aliphatic carbocycles. The number of halogens is 1. The van der Waals surface area contributed by atoms with Crippen molar-refractivity contribution >= 4 is 27.3 Å². The highest BCUT2D eigenvalue weighted by molar-refractivity contribution is 9.10. The van der Waals surface area contributed by atoms with Gasteiger partial charge >= 0.3 is 0 Å². The van der Waals surface area contributed by atoms with E-state index in [-0.39, 0.29) is 0 Å². The van der Waals surface area contributed by atoms with Gasteiger partial charge in [-0.05, 0) is 37.5 Å². The second-order valence-electron chi connectivity index (χ2n) is 4.39. The molecule has 80 valence electrons. The first kappa shape index (κ1) is 9.52. The van der Waals surface area contributed by atoms with Gasteiger partial charge in [0.2, 0.25) is 0 Å². The summed E-state index contributed by atoms with van der Waals surface area (Å²) in [5.41, 5.74) is 2.66. The van der Waals surface area contributed by atoms with Crippen molar-refractivity contribution in [3.8, 4) is 0 Å². The number of nitrogens with one attached hydrogen (secondary N) is 1. The van der Waals surface area contributed by atoms with Crippen molar-refractivity contribution in [2.45, 2.75) is 25.3 Å². The molecule has 1 aromatic carbocycles. The molecular weight excluding hydrogens is 252 g/mol. The predicted octanol–water partition coefficient (Wildman–Crippen LogP) is 3.23. The average molecular weight is 267 g/mol. The van der Waals surface area contributed by atoms with Crippen LogP contribution in [-0.2, 0) is 0 Å². The van der Waals surface area contributed by atoms with Gasteiger partial charge < -0.3 is 10.2 Å². The molecule has 3 rings (SSSR count). The van der Waals surface area contributed by atoms with Crippen molar-refractivity contribution in [2.24, 2.45) is 0 Å². The number of hydrogen-bond acceptors (Lipinski definition) is 2. The molecule has 0 amide bonds. The van der Waals surface area contributed by atoms with Crippen LogP contribution in [0.3, 0.4) is 0 Å². The summed E-state index contributed by atoms with van der Waals surface area (Å²) in [6.45, 7) is 2.32. The SMILES string of the molecule is Brc1ccc2c(c1)NCC1CCCCN21. The Morgan fingerprint density at radius 2 is 2.27 bits per heavy atom. The van der Waals surface area contributed by atoms with Crippen LogP contribution in [0, 0.1) is 0 Å². The number of rotatable bonds is 0. The minimum absolute atomic E-state index is 0.715. The summed E-state index contributed by atoms with van der Waals surface area (Å²) in [6, 6.07) is 7.26. The summed E-state index contributed by atoms with van der Waals surface area (Å²) in [5, 5.41) is 3.53. The van der Waals surface area contributed by atoms with Crippen LogP contribution in [0.2, 0.25) is 0 Å². The van der Waals surface area contributed by atoms with E-state index in [1.165, 1.54) is 37.2 Å². The van der Waals surface area contributed by atoms with Crippen molar-refractivity contribution in [1.29, 1.82) is 0 Å². The van der Waals surface area contributed by atoms with Crippen molar-refractivity contribution < 1.29 is 0 Å². The fourth-order valence-corrected chi connectivity index (χ4v) is 3.02. The molecule has 1 fully saturated rings. The van der Waals surface area contributed by atoms with Gasteiger partial charge in [0.25, 0.3) is 0 Å². The molecule has 1 unspecified atom stereocenters. The van der Waals surface area contributed by atoms with E-state index in [0.717, 1.165) is 11.0 Å². The molecule has 1 saturated heterocycles. The molecule has 2 aliphatic rings. The maximum absolute atomic E-state index is 3.53. The molecule has 0 bridgehead atoms. The van der Waals surface area contributed by atoms with Crippen LogP contribution in [0.1, 0.15) is 19.3 Å². The van der Waals surface area contributed by atoms with Gasteiger partial charge in [-0.25, -0.2) is 0 Å². The number of fused-ring (bicyclic) bond motifs is 3. The van der Waals surface area contributed by atoms with Gasteiger partial charge in [0.05, 0.1) is 11.4 Å². The summed E-state index contributed by atoms with van der Waals surface area (Å²) in [6.07, 6.45) is 4.06. The first-order valence-electron chi connectivity index (χ1n) is 5.65. The zero-order valence-electron chi connectivity index (χ0n) is 8.67. The molecule has 0 spiro atoms. The topological polar surface area (TPSA) is 15.3 Å². The average Bonchev–Trinajstić information content (AvgIpc) is 2.28. The van der Waals surface area contributed by atoms with E-state index in [9.17, 15) is 0 Å². The summed E-state index contributed by atoms with van der Waals surface area (Å²) in [5.74, 6) is 0. The molecule has 1 N–H and O–H groups in total. The molecule has 15 heavy (non-hydrogen) atoms. The summed E-state index contributed by atoms with van der Waals surface area (Å²) in [7, 11) is 0. The lowest BCUT2D eigenvalue weighted by Gasteiger charge is -2.42. The van der Waals surface area contributed by atoms with E-state index in [2.05, 4.69) is 44.3 Å². The van der Waals surface area contributed by atoms with Gasteiger partial charge in [0.15, 0.2) is 0 Å². The number of piperidine rings is 1. The Morgan fingerprint density at radius 1 is 1.33 bits per heavy atom.